The summed E-state index contributed by atoms with van der Waals surface area (Å²) < 4.78 is 0. The van der Waals surface area contributed by atoms with Gasteiger partial charge in [0.15, 0.2) is 5.16 Å². The van der Waals surface area contributed by atoms with Crippen molar-refractivity contribution in [2.45, 2.75) is 31.3 Å². The van der Waals surface area contributed by atoms with Crippen LogP contribution in [0.1, 0.15) is 34.5 Å². The van der Waals surface area contributed by atoms with Crippen molar-refractivity contribution in [1.82, 2.24) is 14.9 Å². The number of hydrogen-bond donors (Lipinski definition) is 0. The van der Waals surface area contributed by atoms with E-state index in [1.807, 2.05) is 29.4 Å². The monoisotopic (exact) mass is 501 g/mol. The lowest BCUT2D eigenvalue weighted by Crippen LogP contribution is -2.48. The van der Waals surface area contributed by atoms with Gasteiger partial charge in [0.05, 0.1) is 10.3 Å². The van der Waals surface area contributed by atoms with Crippen molar-refractivity contribution in [2.24, 2.45) is 0 Å². The minimum atomic E-state index is 0.0933. The summed E-state index contributed by atoms with van der Waals surface area (Å²) in [6.07, 6.45) is 5.65. The number of amides is 1. The van der Waals surface area contributed by atoms with Crippen LogP contribution in [-0.2, 0) is 0 Å². The second-order valence-corrected chi connectivity index (χ2v) is 10.9. The van der Waals surface area contributed by atoms with Crippen LogP contribution in [0.25, 0.3) is 10.2 Å². The molecule has 0 N–H and O–H groups in total. The number of thioether (sulfide) groups is 1. The molecule has 0 spiro atoms. The highest BCUT2D eigenvalue weighted by Crippen LogP contribution is 2.35. The van der Waals surface area contributed by atoms with Gasteiger partial charge in [-0.05, 0) is 56.2 Å². The normalized spacial score (nSPS) is 17.1. The second kappa shape index (κ2) is 9.68. The summed E-state index contributed by atoms with van der Waals surface area (Å²) in [5, 5.41) is 2.53. The van der Waals surface area contributed by atoms with E-state index in [0.717, 1.165) is 63.0 Å². The van der Waals surface area contributed by atoms with Gasteiger partial charge in [-0.2, -0.15) is 0 Å². The third kappa shape index (κ3) is 4.66. The lowest BCUT2D eigenvalue weighted by molar-refractivity contribution is 0.0751. The molecule has 6 nitrogen and oxygen atoms in total. The molecule has 1 amide bonds. The lowest BCUT2D eigenvalue weighted by atomic mass is 10.1. The zero-order valence-electron chi connectivity index (χ0n) is 19.0. The Kier molecular flexibility index (Phi) is 6.67. The molecule has 2 aromatic heterocycles. The van der Waals surface area contributed by atoms with Crippen LogP contribution < -0.4 is 9.80 Å². The molecule has 2 saturated heterocycles. The van der Waals surface area contributed by atoms with Gasteiger partial charge in [-0.15, -0.1) is 11.3 Å². The van der Waals surface area contributed by atoms with Gasteiger partial charge in [0.25, 0.3) is 5.91 Å². The Hall–Kier alpha value is -2.03. The van der Waals surface area contributed by atoms with Crippen molar-refractivity contribution < 1.29 is 4.79 Å². The molecule has 9 heteroatoms. The molecular formula is C24H28ClN5OS2. The Morgan fingerprint density at radius 1 is 1.00 bits per heavy atom. The molecule has 0 saturated carbocycles. The number of aryl methyl sites for hydroxylation is 1. The maximum atomic E-state index is 13.4. The van der Waals surface area contributed by atoms with Crippen molar-refractivity contribution >= 4 is 62.3 Å². The van der Waals surface area contributed by atoms with Crippen LogP contribution in [0.3, 0.4) is 0 Å². The number of anilines is 2. The van der Waals surface area contributed by atoms with Gasteiger partial charge in [-0.3, -0.25) is 4.79 Å². The first-order chi connectivity index (χ1) is 16.0. The molecule has 2 fully saturated rings. The van der Waals surface area contributed by atoms with Crippen molar-refractivity contribution in [3.05, 3.63) is 39.7 Å². The number of piperidine rings is 1. The Morgan fingerprint density at radius 3 is 2.48 bits per heavy atom. The summed E-state index contributed by atoms with van der Waals surface area (Å²) in [6.45, 7) is 7.12. The van der Waals surface area contributed by atoms with E-state index in [1.165, 1.54) is 36.2 Å². The third-order valence-electron chi connectivity index (χ3n) is 6.48. The summed E-state index contributed by atoms with van der Waals surface area (Å²) in [5.41, 5.74) is 2.36. The fourth-order valence-electron chi connectivity index (χ4n) is 4.66. The van der Waals surface area contributed by atoms with Gasteiger partial charge < -0.3 is 14.7 Å². The first-order valence-electron chi connectivity index (χ1n) is 11.4. The van der Waals surface area contributed by atoms with E-state index < -0.39 is 0 Å². The smallest absolute Gasteiger partial charge is 0.264 e. The van der Waals surface area contributed by atoms with Gasteiger partial charge in [0, 0.05) is 50.0 Å². The molecule has 1 aromatic carbocycles. The Balaban J connectivity index is 1.36. The number of aromatic nitrogens is 2. The van der Waals surface area contributed by atoms with Crippen molar-refractivity contribution in [1.29, 1.82) is 0 Å². The number of thiophene rings is 1. The summed E-state index contributed by atoms with van der Waals surface area (Å²) in [4.78, 5) is 31.3. The van der Waals surface area contributed by atoms with E-state index in [4.69, 9.17) is 21.6 Å². The average Bonchev–Trinajstić information content (AvgIpc) is 3.29. The molecule has 174 valence electrons. The van der Waals surface area contributed by atoms with E-state index in [9.17, 15) is 4.79 Å². The molecule has 0 unspecified atom stereocenters. The number of nitrogens with zero attached hydrogens (tertiary/aromatic N) is 5. The largest absolute Gasteiger partial charge is 0.368 e. The highest BCUT2D eigenvalue weighted by molar-refractivity contribution is 7.98. The molecule has 4 heterocycles. The number of fused-ring (bicyclic) bond motifs is 1. The molecule has 5 rings (SSSR count). The standard InChI is InChI=1S/C24H28ClN5OS2/c1-16-6-7-17(25)14-19(16)28-10-12-30(13-11-28)23(31)20-15-18-21(29-8-4-3-5-9-29)26-24(32-2)27-22(18)33-20/h6-7,14-15H,3-5,8-13H2,1-2H3. The summed E-state index contributed by atoms with van der Waals surface area (Å²) >= 11 is 9.27. The minimum absolute atomic E-state index is 0.0933. The SMILES string of the molecule is CSc1nc(N2CCCCC2)c2cc(C(=O)N3CCN(c4cc(Cl)ccc4C)CC3)sc2n1. The van der Waals surface area contributed by atoms with E-state index in [2.05, 4.69) is 22.8 Å². The van der Waals surface area contributed by atoms with Crippen molar-refractivity contribution in [3.8, 4) is 0 Å². The second-order valence-electron chi connectivity index (χ2n) is 8.62. The zero-order valence-corrected chi connectivity index (χ0v) is 21.4. The van der Waals surface area contributed by atoms with Gasteiger partial charge in [0.2, 0.25) is 0 Å². The number of carbonyl (C=O) groups is 1. The van der Waals surface area contributed by atoms with Crippen LogP contribution >= 0.6 is 34.7 Å². The predicted octanol–water partition coefficient (Wildman–Crippen LogP) is 5.33. The number of hydrogen-bond acceptors (Lipinski definition) is 7. The first kappa shape index (κ1) is 22.7. The molecule has 2 aliphatic rings. The van der Waals surface area contributed by atoms with E-state index in [1.54, 1.807) is 11.8 Å². The third-order valence-corrected chi connectivity index (χ3v) is 8.28. The molecule has 33 heavy (non-hydrogen) atoms. The summed E-state index contributed by atoms with van der Waals surface area (Å²) in [5.74, 6) is 1.08. The van der Waals surface area contributed by atoms with Gasteiger partial charge in [-0.1, -0.05) is 29.4 Å². The Morgan fingerprint density at radius 2 is 1.76 bits per heavy atom. The van der Waals surface area contributed by atoms with Crippen LogP contribution in [0.15, 0.2) is 29.4 Å². The fourth-order valence-corrected chi connectivity index (χ4v) is 6.24. The van der Waals surface area contributed by atoms with E-state index >= 15 is 0 Å². The minimum Gasteiger partial charge on any atom is -0.368 e. The van der Waals surface area contributed by atoms with Crippen LogP contribution in [0, 0.1) is 6.92 Å². The molecule has 0 aliphatic carbocycles. The summed E-state index contributed by atoms with van der Waals surface area (Å²) in [6, 6.07) is 8.01. The molecule has 0 bridgehead atoms. The molecular weight excluding hydrogens is 474 g/mol. The number of benzene rings is 1. The molecule has 2 aliphatic heterocycles. The lowest BCUT2D eigenvalue weighted by Gasteiger charge is -2.36. The highest BCUT2D eigenvalue weighted by Gasteiger charge is 2.26. The van der Waals surface area contributed by atoms with Gasteiger partial charge in [-0.25, -0.2) is 9.97 Å². The maximum absolute atomic E-state index is 13.4. The Bertz CT molecular complexity index is 1170. The molecule has 0 atom stereocenters. The van der Waals surface area contributed by atoms with Gasteiger partial charge >= 0.3 is 0 Å². The van der Waals surface area contributed by atoms with Gasteiger partial charge in [0.1, 0.15) is 10.6 Å². The zero-order chi connectivity index (χ0) is 22.9. The number of halogens is 1. The molecule has 3 aromatic rings. The van der Waals surface area contributed by atoms with Crippen LogP contribution in [0.5, 0.6) is 0 Å². The first-order valence-corrected chi connectivity index (χ1v) is 13.9. The fraction of sp³-hybridized carbons (Fsp3) is 0.458. The van der Waals surface area contributed by atoms with E-state index in [0.29, 0.717) is 13.1 Å². The highest BCUT2D eigenvalue weighted by atomic mass is 35.5. The average molecular weight is 502 g/mol. The summed E-state index contributed by atoms with van der Waals surface area (Å²) in [7, 11) is 0. The number of carbonyl (C=O) groups excluding carboxylic acids is 1. The van der Waals surface area contributed by atoms with E-state index in [-0.39, 0.29) is 5.91 Å². The topological polar surface area (TPSA) is 52.6 Å². The quantitative estimate of drug-likeness (QED) is 0.356. The van der Waals surface area contributed by atoms with Crippen molar-refractivity contribution in [2.75, 3.05) is 55.3 Å². The van der Waals surface area contributed by atoms with Crippen LogP contribution in [0.4, 0.5) is 11.5 Å². The van der Waals surface area contributed by atoms with Crippen LogP contribution in [-0.4, -0.2) is 66.3 Å². The predicted molar refractivity (Wildman–Crippen MR) is 140 cm³/mol. The number of rotatable bonds is 4. The Labute approximate surface area is 207 Å². The van der Waals surface area contributed by atoms with Crippen LogP contribution in [0.2, 0.25) is 5.02 Å². The molecule has 0 radical (unpaired) electrons. The van der Waals surface area contributed by atoms with Crippen molar-refractivity contribution in [3.63, 3.8) is 0 Å². The maximum Gasteiger partial charge on any atom is 0.264 e. The number of piperazine rings is 1.